The van der Waals surface area contributed by atoms with Crippen LogP contribution in [0, 0.1) is 12.8 Å². The Morgan fingerprint density at radius 1 is 1.41 bits per heavy atom. The lowest BCUT2D eigenvalue weighted by atomic mass is 10.0. The van der Waals surface area contributed by atoms with Gasteiger partial charge in [-0.05, 0) is 25.7 Å². The van der Waals surface area contributed by atoms with Crippen molar-refractivity contribution in [3.63, 3.8) is 0 Å². The molecule has 1 aromatic heterocycles. The first-order valence-electron chi connectivity index (χ1n) is 5.54. The lowest BCUT2D eigenvalue weighted by molar-refractivity contribution is 0.288. The monoisotopic (exact) mass is 294 g/mol. The second kappa shape index (κ2) is 4.84. The summed E-state index contributed by atoms with van der Waals surface area (Å²) in [5, 5.41) is 0. The predicted molar refractivity (Wildman–Crippen MR) is 69.0 cm³/mol. The topological polar surface area (TPSA) is 50.3 Å². The van der Waals surface area contributed by atoms with E-state index >= 15 is 0 Å². The Labute approximate surface area is 111 Å². The fourth-order valence-electron chi connectivity index (χ4n) is 1.93. The number of thiazole rings is 1. The maximum Gasteiger partial charge on any atom is 0.254 e. The largest absolute Gasteiger partial charge is 0.254 e. The Bertz CT molecular complexity index is 504. The van der Waals surface area contributed by atoms with E-state index in [1.807, 2.05) is 0 Å². The fraction of sp³-hybridized carbons (Fsp3) is 0.700. The molecule has 0 atom stereocenters. The Kier molecular flexibility index (Phi) is 3.77. The van der Waals surface area contributed by atoms with Crippen molar-refractivity contribution in [2.75, 3.05) is 13.1 Å². The SMILES string of the molecule is Cc1nc(Cl)sc1S(=O)(=O)N1CCC(C)CC1. The molecule has 0 radical (unpaired) electrons. The first-order chi connectivity index (χ1) is 7.91. The minimum absolute atomic E-state index is 0.284. The highest BCUT2D eigenvalue weighted by molar-refractivity contribution is 7.91. The zero-order chi connectivity index (χ0) is 12.6. The minimum atomic E-state index is -3.39. The van der Waals surface area contributed by atoms with Crippen LogP contribution in [0.4, 0.5) is 0 Å². The molecule has 0 saturated carbocycles. The Hall–Kier alpha value is -0.170. The van der Waals surface area contributed by atoms with Crippen molar-refractivity contribution < 1.29 is 8.42 Å². The Morgan fingerprint density at radius 3 is 2.47 bits per heavy atom. The van der Waals surface area contributed by atoms with Gasteiger partial charge in [-0.2, -0.15) is 4.31 Å². The van der Waals surface area contributed by atoms with E-state index in [4.69, 9.17) is 11.6 Å². The van der Waals surface area contributed by atoms with Gasteiger partial charge < -0.3 is 0 Å². The zero-order valence-electron chi connectivity index (χ0n) is 9.81. The van der Waals surface area contributed by atoms with Gasteiger partial charge in [0.25, 0.3) is 10.0 Å². The molecular weight excluding hydrogens is 280 g/mol. The lowest BCUT2D eigenvalue weighted by Crippen LogP contribution is -2.37. The molecule has 0 spiro atoms. The van der Waals surface area contributed by atoms with Crippen LogP contribution in [0.5, 0.6) is 0 Å². The smallest absolute Gasteiger partial charge is 0.229 e. The Morgan fingerprint density at radius 2 is 2.00 bits per heavy atom. The number of aromatic nitrogens is 1. The van der Waals surface area contributed by atoms with Crippen LogP contribution in [0.15, 0.2) is 4.21 Å². The second-order valence-electron chi connectivity index (χ2n) is 4.43. The van der Waals surface area contributed by atoms with Crippen LogP contribution in [0.1, 0.15) is 25.5 Å². The van der Waals surface area contributed by atoms with Crippen LogP contribution in [-0.4, -0.2) is 30.8 Å². The van der Waals surface area contributed by atoms with Crippen LogP contribution >= 0.6 is 22.9 Å². The third-order valence-corrected chi connectivity index (χ3v) is 6.79. The molecule has 1 fully saturated rings. The van der Waals surface area contributed by atoms with Crippen LogP contribution < -0.4 is 0 Å². The van der Waals surface area contributed by atoms with Gasteiger partial charge in [0.1, 0.15) is 0 Å². The van der Waals surface area contributed by atoms with Gasteiger partial charge in [-0.3, -0.25) is 0 Å². The molecule has 1 aliphatic rings. The highest BCUT2D eigenvalue weighted by Crippen LogP contribution is 2.31. The van der Waals surface area contributed by atoms with Crippen LogP contribution in [-0.2, 0) is 10.0 Å². The number of hydrogen-bond donors (Lipinski definition) is 0. The molecule has 4 nitrogen and oxygen atoms in total. The number of hydrogen-bond acceptors (Lipinski definition) is 4. The van der Waals surface area contributed by atoms with Crippen LogP contribution in [0.25, 0.3) is 0 Å². The maximum atomic E-state index is 12.4. The van der Waals surface area contributed by atoms with E-state index in [0.717, 1.165) is 24.2 Å². The molecule has 1 aromatic rings. The predicted octanol–water partition coefficient (Wildman–Crippen LogP) is 2.53. The summed E-state index contributed by atoms with van der Waals surface area (Å²) in [6, 6.07) is 0. The van der Waals surface area contributed by atoms with Gasteiger partial charge in [0.05, 0.1) is 5.69 Å². The van der Waals surface area contributed by atoms with Gasteiger partial charge in [-0.25, -0.2) is 13.4 Å². The van der Waals surface area contributed by atoms with Crippen molar-refractivity contribution in [2.24, 2.45) is 5.92 Å². The standard InChI is InChI=1S/C10H15ClN2O2S2/c1-7-3-5-13(6-4-7)17(14,15)9-8(2)12-10(11)16-9/h7H,3-6H2,1-2H3. The van der Waals surface area contributed by atoms with Crippen molar-refractivity contribution >= 4 is 33.0 Å². The maximum absolute atomic E-state index is 12.4. The average molecular weight is 295 g/mol. The van der Waals surface area contributed by atoms with E-state index in [1.165, 1.54) is 0 Å². The summed E-state index contributed by atoms with van der Waals surface area (Å²) >= 11 is 6.80. The Balaban J connectivity index is 2.28. The molecule has 0 N–H and O–H groups in total. The lowest BCUT2D eigenvalue weighted by Gasteiger charge is -2.28. The van der Waals surface area contributed by atoms with Crippen molar-refractivity contribution in [1.29, 1.82) is 0 Å². The molecule has 0 aromatic carbocycles. The van der Waals surface area contributed by atoms with Gasteiger partial charge in [-0.15, -0.1) is 0 Å². The summed E-state index contributed by atoms with van der Waals surface area (Å²) in [6.45, 7) is 5.03. The number of aryl methyl sites for hydroxylation is 1. The summed E-state index contributed by atoms with van der Waals surface area (Å²) in [5.74, 6) is 0.604. The van der Waals surface area contributed by atoms with Gasteiger partial charge >= 0.3 is 0 Å². The number of piperidine rings is 1. The summed E-state index contributed by atoms with van der Waals surface area (Å²) in [6.07, 6.45) is 1.84. The van der Waals surface area contributed by atoms with Gasteiger partial charge in [0.15, 0.2) is 8.68 Å². The molecule has 0 aliphatic carbocycles. The molecule has 96 valence electrons. The van der Waals surface area contributed by atoms with Crippen LogP contribution in [0.2, 0.25) is 4.47 Å². The number of nitrogens with zero attached hydrogens (tertiary/aromatic N) is 2. The molecule has 0 bridgehead atoms. The zero-order valence-corrected chi connectivity index (χ0v) is 12.2. The average Bonchev–Trinajstić information content (AvgIpc) is 2.59. The van der Waals surface area contributed by atoms with E-state index in [2.05, 4.69) is 11.9 Å². The summed E-state index contributed by atoms with van der Waals surface area (Å²) < 4.78 is 26.8. The normalized spacial score (nSPS) is 19.7. The van der Waals surface area contributed by atoms with E-state index in [-0.39, 0.29) is 8.68 Å². The van der Waals surface area contributed by atoms with Crippen molar-refractivity contribution in [2.45, 2.75) is 30.9 Å². The first-order valence-corrected chi connectivity index (χ1v) is 8.18. The quantitative estimate of drug-likeness (QED) is 0.842. The summed E-state index contributed by atoms with van der Waals surface area (Å²) in [4.78, 5) is 3.97. The number of sulfonamides is 1. The van der Waals surface area contributed by atoms with E-state index in [9.17, 15) is 8.42 Å². The molecular formula is C10H15ClN2O2S2. The van der Waals surface area contributed by atoms with Crippen LogP contribution in [0.3, 0.4) is 0 Å². The van der Waals surface area contributed by atoms with Gasteiger partial charge in [0.2, 0.25) is 0 Å². The van der Waals surface area contributed by atoms with Gasteiger partial charge in [0, 0.05) is 13.1 Å². The van der Waals surface area contributed by atoms with Crippen molar-refractivity contribution in [3.8, 4) is 0 Å². The molecule has 0 unspecified atom stereocenters. The molecule has 2 rings (SSSR count). The third-order valence-electron chi connectivity index (χ3n) is 3.04. The third kappa shape index (κ3) is 2.65. The van der Waals surface area contributed by atoms with Crippen molar-refractivity contribution in [3.05, 3.63) is 10.2 Å². The summed E-state index contributed by atoms with van der Waals surface area (Å²) in [5.41, 5.74) is 0.499. The molecule has 7 heteroatoms. The van der Waals surface area contributed by atoms with E-state index in [1.54, 1.807) is 11.2 Å². The van der Waals surface area contributed by atoms with Crippen molar-refractivity contribution in [1.82, 2.24) is 9.29 Å². The van der Waals surface area contributed by atoms with E-state index < -0.39 is 10.0 Å². The second-order valence-corrected chi connectivity index (χ2v) is 8.14. The summed E-state index contributed by atoms with van der Waals surface area (Å²) in [7, 11) is -3.39. The molecule has 1 saturated heterocycles. The van der Waals surface area contributed by atoms with E-state index in [0.29, 0.717) is 24.7 Å². The number of rotatable bonds is 2. The number of halogens is 1. The highest BCUT2D eigenvalue weighted by atomic mass is 35.5. The highest BCUT2D eigenvalue weighted by Gasteiger charge is 2.31. The fourth-order valence-corrected chi connectivity index (χ4v) is 5.28. The first kappa shape index (κ1) is 13.3. The molecule has 2 heterocycles. The minimum Gasteiger partial charge on any atom is -0.229 e. The molecule has 0 amide bonds. The van der Waals surface area contributed by atoms with Gasteiger partial charge in [-0.1, -0.05) is 29.9 Å². The molecule has 17 heavy (non-hydrogen) atoms. The molecule has 1 aliphatic heterocycles.